The summed E-state index contributed by atoms with van der Waals surface area (Å²) in [6, 6.07) is 11.1. The monoisotopic (exact) mass is 316 g/mol. The van der Waals surface area contributed by atoms with Gasteiger partial charge in [0.05, 0.1) is 4.88 Å². The fourth-order valence-electron chi connectivity index (χ4n) is 2.61. The van der Waals surface area contributed by atoms with Crippen molar-refractivity contribution in [2.75, 3.05) is 0 Å². The zero-order valence-corrected chi connectivity index (χ0v) is 13.1. The van der Waals surface area contributed by atoms with Gasteiger partial charge in [0.2, 0.25) is 0 Å². The van der Waals surface area contributed by atoms with E-state index >= 15 is 0 Å². The summed E-state index contributed by atoms with van der Waals surface area (Å²) in [6.45, 7) is 0. The summed E-state index contributed by atoms with van der Waals surface area (Å²) in [7, 11) is 0. The van der Waals surface area contributed by atoms with Crippen LogP contribution in [-0.2, 0) is 12.8 Å². The van der Waals surface area contributed by atoms with Crippen molar-refractivity contribution >= 4 is 34.5 Å². The van der Waals surface area contributed by atoms with Gasteiger partial charge in [0.25, 0.3) is 5.91 Å². The number of carbonyl (C=O) groups is 1. The Morgan fingerprint density at radius 1 is 1.29 bits per heavy atom. The fourth-order valence-corrected chi connectivity index (χ4v) is 3.96. The third-order valence-electron chi connectivity index (χ3n) is 3.66. The smallest absolute Gasteiger partial charge is 0.262 e. The third-order valence-corrected chi connectivity index (χ3v) is 5.13. The largest absolute Gasteiger partial charge is 0.391 e. The van der Waals surface area contributed by atoms with Gasteiger partial charge in [0.1, 0.15) is 11.0 Å². The van der Waals surface area contributed by atoms with Gasteiger partial charge >= 0.3 is 0 Å². The minimum atomic E-state index is -0.425. The molecule has 0 fully saturated rings. The second-order valence-electron chi connectivity index (χ2n) is 5.13. The maximum absolute atomic E-state index is 12.4. The van der Waals surface area contributed by atoms with Crippen LogP contribution in [0.4, 0.5) is 0 Å². The molecule has 1 atom stereocenters. The Morgan fingerprint density at radius 2 is 2.05 bits per heavy atom. The Morgan fingerprint density at radius 3 is 2.71 bits per heavy atom. The number of carbonyl (C=O) groups excluding carboxylic acids is 1. The summed E-state index contributed by atoms with van der Waals surface area (Å²) in [6.07, 6.45) is 3.36. The first-order chi connectivity index (χ1) is 10.1. The second-order valence-corrected chi connectivity index (χ2v) is 6.74. The molecule has 1 aromatic heterocycles. The zero-order valence-electron chi connectivity index (χ0n) is 11.5. The Bertz CT molecular complexity index is 657. The van der Waals surface area contributed by atoms with E-state index in [-0.39, 0.29) is 10.9 Å². The molecule has 1 amide bonds. The van der Waals surface area contributed by atoms with Crippen LogP contribution in [0.2, 0.25) is 0 Å². The third kappa shape index (κ3) is 2.99. The lowest BCUT2D eigenvalue weighted by Gasteiger charge is -2.17. The quantitative estimate of drug-likeness (QED) is 0.853. The average molecular weight is 316 g/mol. The number of rotatable bonds is 4. The van der Waals surface area contributed by atoms with Crippen molar-refractivity contribution < 1.29 is 4.79 Å². The lowest BCUT2D eigenvalue weighted by Crippen LogP contribution is -2.36. The van der Waals surface area contributed by atoms with Crippen LogP contribution in [0, 0.1) is 0 Å². The van der Waals surface area contributed by atoms with Crippen LogP contribution in [-0.4, -0.2) is 10.9 Å². The summed E-state index contributed by atoms with van der Waals surface area (Å²) in [5.74, 6) is -0.101. The minimum Gasteiger partial charge on any atom is -0.391 e. The van der Waals surface area contributed by atoms with Gasteiger partial charge in [-0.2, -0.15) is 0 Å². The Labute approximate surface area is 133 Å². The van der Waals surface area contributed by atoms with Gasteiger partial charge in [-0.15, -0.1) is 11.3 Å². The van der Waals surface area contributed by atoms with E-state index in [1.165, 1.54) is 16.9 Å². The number of hydrogen-bond acceptors (Lipinski definition) is 3. The molecule has 3 rings (SSSR count). The van der Waals surface area contributed by atoms with Gasteiger partial charge in [-0.05, 0) is 36.5 Å². The molecule has 0 aliphatic heterocycles. The van der Waals surface area contributed by atoms with Crippen LogP contribution < -0.4 is 11.1 Å². The van der Waals surface area contributed by atoms with E-state index in [4.69, 9.17) is 18.0 Å². The summed E-state index contributed by atoms with van der Waals surface area (Å²) in [4.78, 5) is 14.8. The number of hydrogen-bond donors (Lipinski definition) is 2. The molecule has 1 aliphatic rings. The number of nitrogens with one attached hydrogen (secondary N) is 1. The van der Waals surface area contributed by atoms with E-state index in [9.17, 15) is 4.79 Å². The molecule has 3 N–H and O–H groups in total. The van der Waals surface area contributed by atoms with E-state index < -0.39 is 6.04 Å². The van der Waals surface area contributed by atoms with Crippen molar-refractivity contribution in [2.45, 2.75) is 25.3 Å². The van der Waals surface area contributed by atoms with E-state index in [1.807, 2.05) is 36.4 Å². The maximum atomic E-state index is 12.4. The van der Waals surface area contributed by atoms with Gasteiger partial charge in [-0.1, -0.05) is 42.5 Å². The van der Waals surface area contributed by atoms with Gasteiger partial charge in [0, 0.05) is 4.88 Å². The molecular formula is C16H16N2OS2. The number of fused-ring (bicyclic) bond motifs is 1. The Hall–Kier alpha value is -1.72. The minimum absolute atomic E-state index is 0.101. The van der Waals surface area contributed by atoms with Crippen LogP contribution in [0.5, 0.6) is 0 Å². The molecule has 5 heteroatoms. The number of benzene rings is 1. The molecule has 108 valence electrons. The first kappa shape index (κ1) is 14.2. The van der Waals surface area contributed by atoms with Crippen LogP contribution in [0.25, 0.3) is 0 Å². The first-order valence-electron chi connectivity index (χ1n) is 6.92. The molecule has 21 heavy (non-hydrogen) atoms. The molecular weight excluding hydrogens is 300 g/mol. The molecule has 1 unspecified atom stereocenters. The highest BCUT2D eigenvalue weighted by atomic mass is 32.1. The number of amides is 1. The lowest BCUT2D eigenvalue weighted by molar-refractivity contribution is 0.0951. The van der Waals surface area contributed by atoms with Crippen molar-refractivity contribution in [3.8, 4) is 0 Å². The fraction of sp³-hybridized carbons (Fsp3) is 0.250. The number of thiophene rings is 1. The molecule has 0 spiro atoms. The Balaban J connectivity index is 1.79. The highest BCUT2D eigenvalue weighted by molar-refractivity contribution is 7.80. The topological polar surface area (TPSA) is 55.1 Å². The highest BCUT2D eigenvalue weighted by Gasteiger charge is 2.22. The first-order valence-corrected chi connectivity index (χ1v) is 8.14. The van der Waals surface area contributed by atoms with Gasteiger partial charge in [0.15, 0.2) is 0 Å². The Kier molecular flexibility index (Phi) is 4.03. The molecule has 3 nitrogen and oxygen atoms in total. The van der Waals surface area contributed by atoms with Gasteiger partial charge < -0.3 is 11.1 Å². The molecule has 0 radical (unpaired) electrons. The van der Waals surface area contributed by atoms with Crippen LogP contribution in [0.1, 0.15) is 38.1 Å². The van der Waals surface area contributed by atoms with E-state index in [0.717, 1.165) is 23.3 Å². The van der Waals surface area contributed by atoms with Crippen molar-refractivity contribution in [1.82, 2.24) is 5.32 Å². The summed E-state index contributed by atoms with van der Waals surface area (Å²) in [5, 5.41) is 2.94. The normalized spacial score (nSPS) is 14.5. The molecule has 0 bridgehead atoms. The standard InChI is InChI=1S/C16H16N2OS2/c17-15(20)14(10-5-2-1-3-6-10)18-16(19)13-9-11-7-4-8-12(11)21-13/h1-3,5-6,9,14H,4,7-8H2,(H2,17,20)(H,18,19). The van der Waals surface area contributed by atoms with Crippen LogP contribution in [0.3, 0.4) is 0 Å². The average Bonchev–Trinajstić information content (AvgIpc) is 3.06. The maximum Gasteiger partial charge on any atom is 0.262 e. The summed E-state index contributed by atoms with van der Waals surface area (Å²) < 4.78 is 0. The van der Waals surface area contributed by atoms with Crippen LogP contribution in [0.15, 0.2) is 36.4 Å². The second kappa shape index (κ2) is 5.95. The zero-order chi connectivity index (χ0) is 14.8. The van der Waals surface area contributed by atoms with Gasteiger partial charge in [-0.25, -0.2) is 0 Å². The van der Waals surface area contributed by atoms with Crippen molar-refractivity contribution in [2.24, 2.45) is 5.73 Å². The summed E-state index contributed by atoms with van der Waals surface area (Å²) >= 11 is 6.68. The number of thiocarbonyl (C=S) groups is 1. The molecule has 1 aromatic carbocycles. The number of aryl methyl sites for hydroxylation is 2. The predicted molar refractivity (Wildman–Crippen MR) is 89.8 cm³/mol. The van der Waals surface area contributed by atoms with Gasteiger partial charge in [-0.3, -0.25) is 4.79 Å². The molecule has 0 saturated carbocycles. The highest BCUT2D eigenvalue weighted by Crippen LogP contribution is 2.30. The molecule has 1 aliphatic carbocycles. The van der Waals surface area contributed by atoms with Crippen molar-refractivity contribution in [3.63, 3.8) is 0 Å². The number of nitrogens with two attached hydrogens (primary N) is 1. The molecule has 0 saturated heterocycles. The van der Waals surface area contributed by atoms with E-state index in [2.05, 4.69) is 5.32 Å². The van der Waals surface area contributed by atoms with E-state index in [0.29, 0.717) is 0 Å². The predicted octanol–water partition coefficient (Wildman–Crippen LogP) is 2.99. The lowest BCUT2D eigenvalue weighted by atomic mass is 10.1. The van der Waals surface area contributed by atoms with Crippen molar-refractivity contribution in [3.05, 3.63) is 57.3 Å². The van der Waals surface area contributed by atoms with E-state index in [1.54, 1.807) is 11.3 Å². The summed E-state index contributed by atoms with van der Waals surface area (Å²) in [5.41, 5.74) is 8.01. The van der Waals surface area contributed by atoms with Crippen LogP contribution >= 0.6 is 23.6 Å². The van der Waals surface area contributed by atoms with Crippen molar-refractivity contribution in [1.29, 1.82) is 0 Å². The molecule has 2 aromatic rings. The molecule has 1 heterocycles. The SMILES string of the molecule is NC(=S)C(NC(=O)c1cc2c(s1)CCC2)c1ccccc1.